The minimum absolute atomic E-state index is 0.0206. The summed E-state index contributed by atoms with van der Waals surface area (Å²) in [5.41, 5.74) is 1.82. The zero-order valence-electron chi connectivity index (χ0n) is 8.95. The highest BCUT2D eigenvalue weighted by Crippen LogP contribution is 2.26. The maximum Gasteiger partial charge on any atom is 0.191 e. The van der Waals surface area contributed by atoms with E-state index in [4.69, 9.17) is 9.47 Å². The predicted molar refractivity (Wildman–Crippen MR) is 56.4 cm³/mol. The molecule has 0 radical (unpaired) electrons. The molecule has 0 aromatic heterocycles. The van der Waals surface area contributed by atoms with Crippen molar-refractivity contribution in [2.45, 2.75) is 19.4 Å². The molecule has 1 heterocycles. The van der Waals surface area contributed by atoms with Crippen molar-refractivity contribution < 1.29 is 14.3 Å². The molecular formula is C12H14O3. The van der Waals surface area contributed by atoms with Crippen LogP contribution in [0.3, 0.4) is 0 Å². The third-order valence-electron chi connectivity index (χ3n) is 2.70. The number of ketones is 1. The van der Waals surface area contributed by atoms with Crippen molar-refractivity contribution in [2.24, 2.45) is 0 Å². The lowest BCUT2D eigenvalue weighted by molar-refractivity contribution is 0.0655. The molecule has 1 atom stereocenters. The molecule has 2 rings (SSSR count). The maximum atomic E-state index is 11.8. The van der Waals surface area contributed by atoms with Crippen molar-refractivity contribution in [1.82, 2.24) is 0 Å². The Morgan fingerprint density at radius 2 is 2.33 bits per heavy atom. The fourth-order valence-electron chi connectivity index (χ4n) is 1.68. The van der Waals surface area contributed by atoms with Crippen LogP contribution in [0.1, 0.15) is 22.8 Å². The molecule has 0 saturated heterocycles. The molecule has 1 aromatic rings. The Kier molecular flexibility index (Phi) is 2.73. The molecule has 0 aliphatic carbocycles. The van der Waals surface area contributed by atoms with Gasteiger partial charge in [0.25, 0.3) is 0 Å². The second-order valence-electron chi connectivity index (χ2n) is 3.66. The summed E-state index contributed by atoms with van der Waals surface area (Å²) in [5.74, 6) is 0.920. The first-order valence-electron chi connectivity index (χ1n) is 5.05. The summed E-state index contributed by atoms with van der Waals surface area (Å²) in [5, 5.41) is 0. The second kappa shape index (κ2) is 4.03. The summed E-state index contributed by atoms with van der Waals surface area (Å²) in [4.78, 5) is 11.8. The standard InChI is InChI=1S/C12H14O3/c1-8(14-2)12(13)10-3-4-11-9(7-10)5-6-15-11/h3-4,7-8H,5-6H2,1-2H3. The maximum absolute atomic E-state index is 11.8. The van der Waals surface area contributed by atoms with Crippen LogP contribution in [-0.4, -0.2) is 25.6 Å². The number of hydrogen-bond donors (Lipinski definition) is 0. The zero-order chi connectivity index (χ0) is 10.8. The molecule has 1 unspecified atom stereocenters. The van der Waals surface area contributed by atoms with Crippen LogP contribution in [0.25, 0.3) is 0 Å². The second-order valence-corrected chi connectivity index (χ2v) is 3.66. The summed E-state index contributed by atoms with van der Waals surface area (Å²) in [6.45, 7) is 2.47. The largest absolute Gasteiger partial charge is 0.493 e. The molecule has 0 spiro atoms. The van der Waals surface area contributed by atoms with E-state index in [-0.39, 0.29) is 11.9 Å². The zero-order valence-corrected chi connectivity index (χ0v) is 8.95. The van der Waals surface area contributed by atoms with Crippen molar-refractivity contribution in [3.63, 3.8) is 0 Å². The van der Waals surface area contributed by atoms with Crippen molar-refractivity contribution >= 4 is 5.78 Å². The smallest absolute Gasteiger partial charge is 0.191 e. The molecule has 1 aromatic carbocycles. The van der Waals surface area contributed by atoms with Crippen LogP contribution in [0.15, 0.2) is 18.2 Å². The highest BCUT2D eigenvalue weighted by atomic mass is 16.5. The molecule has 1 aliphatic heterocycles. The summed E-state index contributed by atoms with van der Waals surface area (Å²) < 4.78 is 10.4. The van der Waals surface area contributed by atoms with Crippen LogP contribution in [-0.2, 0) is 11.2 Å². The van der Waals surface area contributed by atoms with Gasteiger partial charge in [-0.25, -0.2) is 0 Å². The van der Waals surface area contributed by atoms with Crippen LogP contribution >= 0.6 is 0 Å². The van der Waals surface area contributed by atoms with E-state index in [1.807, 2.05) is 12.1 Å². The van der Waals surface area contributed by atoms with E-state index in [2.05, 4.69) is 0 Å². The van der Waals surface area contributed by atoms with Gasteiger partial charge < -0.3 is 9.47 Å². The summed E-state index contributed by atoms with van der Waals surface area (Å²) in [6, 6.07) is 5.56. The monoisotopic (exact) mass is 206 g/mol. The Bertz CT molecular complexity index is 384. The van der Waals surface area contributed by atoms with Gasteiger partial charge in [-0.3, -0.25) is 4.79 Å². The molecule has 0 amide bonds. The minimum Gasteiger partial charge on any atom is -0.493 e. The molecule has 0 N–H and O–H groups in total. The number of fused-ring (bicyclic) bond motifs is 1. The number of benzene rings is 1. The summed E-state index contributed by atoms with van der Waals surface area (Å²) >= 11 is 0. The quantitative estimate of drug-likeness (QED) is 0.708. The molecule has 0 bridgehead atoms. The molecule has 0 fully saturated rings. The van der Waals surface area contributed by atoms with E-state index in [1.165, 1.54) is 0 Å². The Morgan fingerprint density at radius 1 is 1.53 bits per heavy atom. The van der Waals surface area contributed by atoms with Gasteiger partial charge in [0, 0.05) is 19.1 Å². The number of carbonyl (C=O) groups is 1. The van der Waals surface area contributed by atoms with E-state index < -0.39 is 0 Å². The first-order chi connectivity index (χ1) is 7.22. The van der Waals surface area contributed by atoms with Gasteiger partial charge in [0.2, 0.25) is 0 Å². The van der Waals surface area contributed by atoms with Crippen LogP contribution in [0.5, 0.6) is 5.75 Å². The Balaban J connectivity index is 2.26. The normalized spacial score (nSPS) is 15.6. The third kappa shape index (κ3) is 1.88. The summed E-state index contributed by atoms with van der Waals surface area (Å²) in [7, 11) is 1.54. The lowest BCUT2D eigenvalue weighted by Crippen LogP contribution is -2.19. The fraction of sp³-hybridized carbons (Fsp3) is 0.417. The van der Waals surface area contributed by atoms with E-state index in [0.29, 0.717) is 12.2 Å². The molecule has 15 heavy (non-hydrogen) atoms. The van der Waals surface area contributed by atoms with Gasteiger partial charge in [0.15, 0.2) is 5.78 Å². The van der Waals surface area contributed by atoms with Gasteiger partial charge in [-0.2, -0.15) is 0 Å². The topological polar surface area (TPSA) is 35.5 Å². The SMILES string of the molecule is COC(C)C(=O)c1ccc2c(c1)CCO2. The molecule has 3 heteroatoms. The van der Waals surface area contributed by atoms with Gasteiger partial charge in [0.05, 0.1) is 6.61 Å². The highest BCUT2D eigenvalue weighted by Gasteiger charge is 2.18. The molecular weight excluding hydrogens is 192 g/mol. The number of carbonyl (C=O) groups excluding carboxylic acids is 1. The van der Waals surface area contributed by atoms with Crippen LogP contribution in [0.4, 0.5) is 0 Å². The first-order valence-corrected chi connectivity index (χ1v) is 5.05. The van der Waals surface area contributed by atoms with Crippen molar-refractivity contribution in [1.29, 1.82) is 0 Å². The highest BCUT2D eigenvalue weighted by molar-refractivity contribution is 5.99. The minimum atomic E-state index is -0.384. The van der Waals surface area contributed by atoms with E-state index >= 15 is 0 Å². The average Bonchev–Trinajstić information content (AvgIpc) is 2.73. The Hall–Kier alpha value is -1.35. The third-order valence-corrected chi connectivity index (χ3v) is 2.70. The van der Waals surface area contributed by atoms with Gasteiger partial charge in [0.1, 0.15) is 11.9 Å². The van der Waals surface area contributed by atoms with E-state index in [0.717, 1.165) is 17.7 Å². The number of Topliss-reactive ketones (excluding diaryl/α,β-unsaturated/α-hetero) is 1. The molecule has 0 saturated carbocycles. The van der Waals surface area contributed by atoms with Crippen LogP contribution < -0.4 is 4.74 Å². The van der Waals surface area contributed by atoms with Crippen LogP contribution in [0, 0.1) is 0 Å². The van der Waals surface area contributed by atoms with Crippen LogP contribution in [0.2, 0.25) is 0 Å². The lowest BCUT2D eigenvalue weighted by atomic mass is 10.0. The van der Waals surface area contributed by atoms with Gasteiger partial charge >= 0.3 is 0 Å². The lowest BCUT2D eigenvalue weighted by Gasteiger charge is -2.08. The van der Waals surface area contributed by atoms with Crippen molar-refractivity contribution in [3.05, 3.63) is 29.3 Å². The number of methoxy groups -OCH3 is 1. The number of hydrogen-bond acceptors (Lipinski definition) is 3. The molecule has 1 aliphatic rings. The Morgan fingerprint density at radius 3 is 3.07 bits per heavy atom. The predicted octanol–water partition coefficient (Wildman–Crippen LogP) is 1.84. The molecule has 80 valence electrons. The number of ether oxygens (including phenoxy) is 2. The van der Waals surface area contributed by atoms with E-state index in [1.54, 1.807) is 20.1 Å². The first kappa shape index (κ1) is 10.2. The summed E-state index contributed by atoms with van der Waals surface area (Å²) in [6.07, 6.45) is 0.503. The van der Waals surface area contributed by atoms with E-state index in [9.17, 15) is 4.79 Å². The molecule has 3 nitrogen and oxygen atoms in total. The van der Waals surface area contributed by atoms with Gasteiger partial charge in [-0.05, 0) is 30.7 Å². The van der Waals surface area contributed by atoms with Crippen molar-refractivity contribution in [3.8, 4) is 5.75 Å². The Labute approximate surface area is 89.0 Å². The number of rotatable bonds is 3. The fourth-order valence-corrected chi connectivity index (χ4v) is 1.68. The average molecular weight is 206 g/mol. The van der Waals surface area contributed by atoms with Gasteiger partial charge in [-0.1, -0.05) is 0 Å². The van der Waals surface area contributed by atoms with Gasteiger partial charge in [-0.15, -0.1) is 0 Å². The van der Waals surface area contributed by atoms with Crippen molar-refractivity contribution in [2.75, 3.05) is 13.7 Å².